The van der Waals surface area contributed by atoms with Crippen molar-refractivity contribution in [2.45, 2.75) is 12.5 Å². The molecular weight excluding hydrogens is 279 g/mol. The fourth-order valence-corrected chi connectivity index (χ4v) is 2.21. The second kappa shape index (κ2) is 5.69. The lowest BCUT2D eigenvalue weighted by Gasteiger charge is -2.38. The van der Waals surface area contributed by atoms with Gasteiger partial charge < -0.3 is 20.1 Å². The van der Waals surface area contributed by atoms with Crippen LogP contribution in [0.3, 0.4) is 0 Å². The number of rotatable bonds is 3. The van der Waals surface area contributed by atoms with E-state index < -0.39 is 23.2 Å². The summed E-state index contributed by atoms with van der Waals surface area (Å²) in [5.41, 5.74) is 4.16. The highest BCUT2D eigenvalue weighted by molar-refractivity contribution is 5.97. The van der Waals surface area contributed by atoms with Gasteiger partial charge >= 0.3 is 0 Å². The Morgan fingerprint density at radius 1 is 1.48 bits per heavy atom. The number of hydrogen-bond donors (Lipinski definition) is 1. The average molecular weight is 296 g/mol. The third-order valence-corrected chi connectivity index (χ3v) is 3.47. The normalized spacial score (nSPS) is 22.0. The van der Waals surface area contributed by atoms with Crippen molar-refractivity contribution in [3.05, 3.63) is 29.6 Å². The van der Waals surface area contributed by atoms with Crippen molar-refractivity contribution in [1.82, 2.24) is 4.90 Å². The smallest absolute Gasteiger partial charge is 0.257 e. The van der Waals surface area contributed by atoms with Gasteiger partial charge in [0.15, 0.2) is 5.60 Å². The zero-order chi connectivity index (χ0) is 15.6. The minimum absolute atomic E-state index is 0.0147. The summed E-state index contributed by atoms with van der Waals surface area (Å²) in [6.45, 7) is 2.02. The van der Waals surface area contributed by atoms with Crippen molar-refractivity contribution in [2.75, 3.05) is 26.8 Å². The number of nitrogens with two attached hydrogens (primary N) is 1. The number of morpholine rings is 1. The predicted octanol–water partition coefficient (Wildman–Crippen LogP) is 0.551. The third-order valence-electron chi connectivity index (χ3n) is 3.47. The minimum Gasteiger partial charge on any atom is -0.496 e. The molecule has 0 aromatic heterocycles. The third kappa shape index (κ3) is 2.97. The van der Waals surface area contributed by atoms with Gasteiger partial charge in [-0.2, -0.15) is 0 Å². The van der Waals surface area contributed by atoms with Crippen molar-refractivity contribution >= 4 is 11.8 Å². The number of carbonyl (C=O) groups excluding carboxylic acids is 2. The number of amides is 2. The molecule has 2 amide bonds. The van der Waals surface area contributed by atoms with Gasteiger partial charge in [-0.3, -0.25) is 9.59 Å². The molecule has 6 nitrogen and oxygen atoms in total. The van der Waals surface area contributed by atoms with E-state index >= 15 is 0 Å². The Hall–Kier alpha value is -2.15. The van der Waals surface area contributed by atoms with Crippen molar-refractivity contribution in [3.63, 3.8) is 0 Å². The van der Waals surface area contributed by atoms with Crippen LogP contribution in [0.2, 0.25) is 0 Å². The first-order chi connectivity index (χ1) is 9.87. The lowest BCUT2D eigenvalue weighted by atomic mass is 10.0. The molecule has 7 heteroatoms. The molecule has 1 saturated heterocycles. The van der Waals surface area contributed by atoms with Gasteiger partial charge in [0, 0.05) is 6.54 Å². The first kappa shape index (κ1) is 15.2. The Morgan fingerprint density at radius 3 is 2.81 bits per heavy atom. The maximum atomic E-state index is 13.4. The van der Waals surface area contributed by atoms with E-state index in [1.54, 1.807) is 0 Å². The molecule has 1 heterocycles. The van der Waals surface area contributed by atoms with E-state index in [1.807, 2.05) is 0 Å². The van der Waals surface area contributed by atoms with Crippen LogP contribution in [0.5, 0.6) is 5.75 Å². The van der Waals surface area contributed by atoms with Crippen LogP contribution in [0.1, 0.15) is 17.3 Å². The first-order valence-electron chi connectivity index (χ1n) is 6.44. The van der Waals surface area contributed by atoms with E-state index in [-0.39, 0.29) is 24.5 Å². The van der Waals surface area contributed by atoms with Gasteiger partial charge in [0.2, 0.25) is 0 Å². The topological polar surface area (TPSA) is 81.9 Å². The average Bonchev–Trinajstić information content (AvgIpc) is 2.46. The van der Waals surface area contributed by atoms with Crippen molar-refractivity contribution in [1.29, 1.82) is 0 Å². The number of benzene rings is 1. The van der Waals surface area contributed by atoms with Gasteiger partial charge in [0.1, 0.15) is 11.6 Å². The molecule has 1 aliphatic heterocycles. The highest BCUT2D eigenvalue weighted by atomic mass is 19.1. The van der Waals surface area contributed by atoms with Crippen molar-refractivity contribution < 1.29 is 23.5 Å². The van der Waals surface area contributed by atoms with Gasteiger partial charge in [0.25, 0.3) is 11.8 Å². The summed E-state index contributed by atoms with van der Waals surface area (Å²) in [5.74, 6) is -1.34. The molecule has 1 aromatic rings. The molecule has 21 heavy (non-hydrogen) atoms. The Bertz CT molecular complexity index is 578. The number of nitrogens with zero attached hydrogens (tertiary/aromatic N) is 1. The fraction of sp³-hybridized carbons (Fsp3) is 0.429. The highest BCUT2D eigenvalue weighted by Crippen LogP contribution is 2.24. The molecular formula is C14H17FN2O4. The van der Waals surface area contributed by atoms with Crippen LogP contribution >= 0.6 is 0 Å². The number of halogens is 1. The van der Waals surface area contributed by atoms with E-state index in [2.05, 4.69) is 0 Å². The molecule has 2 N–H and O–H groups in total. The standard InChI is InChI=1S/C14H17FN2O4/c1-14(13(16)19)8-17(5-6-21-14)12(18)10-7-9(15)3-4-11(10)20-2/h3-4,7H,5-6,8H2,1-2H3,(H2,16,19). The van der Waals surface area contributed by atoms with E-state index in [4.69, 9.17) is 15.2 Å². The van der Waals surface area contributed by atoms with Crippen molar-refractivity contribution in [2.24, 2.45) is 5.73 Å². The molecule has 1 aromatic carbocycles. The van der Waals surface area contributed by atoms with E-state index in [0.29, 0.717) is 6.54 Å². The number of ether oxygens (including phenoxy) is 2. The highest BCUT2D eigenvalue weighted by Gasteiger charge is 2.39. The minimum atomic E-state index is -1.24. The Morgan fingerprint density at radius 2 is 2.19 bits per heavy atom. The SMILES string of the molecule is COc1ccc(F)cc1C(=O)N1CCOC(C)(C(N)=O)C1. The van der Waals surface area contributed by atoms with Crippen LogP contribution < -0.4 is 10.5 Å². The number of primary amides is 1. The van der Waals surface area contributed by atoms with E-state index in [9.17, 15) is 14.0 Å². The van der Waals surface area contributed by atoms with Crippen molar-refractivity contribution in [3.8, 4) is 5.75 Å². The van der Waals surface area contributed by atoms with Crippen LogP contribution in [0, 0.1) is 5.82 Å². The zero-order valence-electron chi connectivity index (χ0n) is 11.9. The molecule has 0 saturated carbocycles. The molecule has 0 aliphatic carbocycles. The summed E-state index contributed by atoms with van der Waals surface area (Å²) >= 11 is 0. The molecule has 1 atom stereocenters. The maximum Gasteiger partial charge on any atom is 0.257 e. The maximum absolute atomic E-state index is 13.4. The van der Waals surface area contributed by atoms with Gasteiger partial charge in [-0.05, 0) is 25.1 Å². The first-order valence-corrected chi connectivity index (χ1v) is 6.44. The summed E-state index contributed by atoms with van der Waals surface area (Å²) in [6, 6.07) is 3.71. The van der Waals surface area contributed by atoms with Gasteiger partial charge in [-0.25, -0.2) is 4.39 Å². The molecule has 0 spiro atoms. The second-order valence-electron chi connectivity index (χ2n) is 5.01. The zero-order valence-corrected chi connectivity index (χ0v) is 11.9. The van der Waals surface area contributed by atoms with Crippen LogP contribution in [0.15, 0.2) is 18.2 Å². The quantitative estimate of drug-likeness (QED) is 0.883. The van der Waals surface area contributed by atoms with Gasteiger partial charge in [-0.15, -0.1) is 0 Å². The van der Waals surface area contributed by atoms with Crippen LogP contribution in [-0.4, -0.2) is 49.1 Å². The van der Waals surface area contributed by atoms with E-state index in [1.165, 1.54) is 31.1 Å². The molecule has 114 valence electrons. The number of carbonyl (C=O) groups is 2. The molecule has 1 unspecified atom stereocenters. The van der Waals surface area contributed by atoms with Crippen LogP contribution in [0.4, 0.5) is 4.39 Å². The number of hydrogen-bond acceptors (Lipinski definition) is 4. The summed E-state index contributed by atoms with van der Waals surface area (Å²) in [4.78, 5) is 25.4. The molecule has 1 aliphatic rings. The molecule has 0 bridgehead atoms. The Kier molecular flexibility index (Phi) is 4.13. The van der Waals surface area contributed by atoms with Crippen LogP contribution in [0.25, 0.3) is 0 Å². The van der Waals surface area contributed by atoms with Gasteiger partial charge in [0.05, 0.1) is 25.8 Å². The van der Waals surface area contributed by atoms with E-state index in [0.717, 1.165) is 6.07 Å². The predicted molar refractivity (Wildman–Crippen MR) is 72.4 cm³/mol. The lowest BCUT2D eigenvalue weighted by Crippen LogP contribution is -2.58. The Balaban J connectivity index is 2.28. The van der Waals surface area contributed by atoms with Gasteiger partial charge in [-0.1, -0.05) is 0 Å². The fourth-order valence-electron chi connectivity index (χ4n) is 2.21. The lowest BCUT2D eigenvalue weighted by molar-refractivity contribution is -0.150. The molecule has 1 fully saturated rings. The summed E-state index contributed by atoms with van der Waals surface area (Å²) in [6.07, 6.45) is 0. The van der Waals surface area contributed by atoms with Crippen LogP contribution in [-0.2, 0) is 9.53 Å². The number of methoxy groups -OCH3 is 1. The largest absolute Gasteiger partial charge is 0.496 e. The summed E-state index contributed by atoms with van der Waals surface area (Å²) in [5, 5.41) is 0. The molecule has 2 rings (SSSR count). The molecule has 0 radical (unpaired) electrons. The second-order valence-corrected chi connectivity index (χ2v) is 5.01. The monoisotopic (exact) mass is 296 g/mol. The summed E-state index contributed by atoms with van der Waals surface area (Å²) in [7, 11) is 1.40. The Labute approximate surface area is 121 Å². The summed E-state index contributed by atoms with van der Waals surface area (Å²) < 4.78 is 23.8.